The summed E-state index contributed by atoms with van der Waals surface area (Å²) in [4.78, 5) is 29.2. The van der Waals surface area contributed by atoms with Crippen molar-refractivity contribution in [3.63, 3.8) is 0 Å². The molecule has 3 aliphatic rings. The van der Waals surface area contributed by atoms with Gasteiger partial charge in [-0.15, -0.1) is 0 Å². The van der Waals surface area contributed by atoms with Crippen LogP contribution in [0.25, 0.3) is 0 Å². The van der Waals surface area contributed by atoms with Gasteiger partial charge in [0.05, 0.1) is 49.6 Å². The highest BCUT2D eigenvalue weighted by Crippen LogP contribution is 2.41. The van der Waals surface area contributed by atoms with Crippen molar-refractivity contribution in [2.75, 3.05) is 62.8 Å². The van der Waals surface area contributed by atoms with Gasteiger partial charge in [0.2, 0.25) is 11.8 Å². The first-order valence-electron chi connectivity index (χ1n) is 9.33. The number of rotatable bonds is 4. The molecule has 1 aliphatic carbocycles. The largest absolute Gasteiger partial charge is 0.378 e. The van der Waals surface area contributed by atoms with Gasteiger partial charge in [0.1, 0.15) is 0 Å². The standard InChI is InChI=1S/C19H25N3O4/c23-18(14-13-15(14)19(24)22-7-11-26-12-8-22)20-16-3-1-2-4-17(16)21-5-9-25-10-6-21/h1-4,14-15H,5-13H2,(H,20,23). The molecule has 1 aromatic carbocycles. The Labute approximate surface area is 153 Å². The normalized spacial score (nSPS) is 25.7. The Morgan fingerprint density at radius 1 is 0.923 bits per heavy atom. The summed E-state index contributed by atoms with van der Waals surface area (Å²) in [5.74, 6) is -0.362. The Hall–Kier alpha value is -2.12. The van der Waals surface area contributed by atoms with Crippen molar-refractivity contribution in [1.29, 1.82) is 0 Å². The minimum absolute atomic E-state index is 0.0580. The van der Waals surface area contributed by atoms with Gasteiger partial charge < -0.3 is 24.6 Å². The maximum Gasteiger partial charge on any atom is 0.228 e. The van der Waals surface area contributed by atoms with Crippen LogP contribution >= 0.6 is 0 Å². The first-order chi connectivity index (χ1) is 12.7. The zero-order valence-corrected chi connectivity index (χ0v) is 14.9. The summed E-state index contributed by atoms with van der Waals surface area (Å²) in [5.41, 5.74) is 1.82. The second-order valence-electron chi connectivity index (χ2n) is 6.99. The Balaban J connectivity index is 1.38. The highest BCUT2D eigenvalue weighted by atomic mass is 16.5. The van der Waals surface area contributed by atoms with Gasteiger partial charge >= 0.3 is 0 Å². The maximum atomic E-state index is 12.7. The summed E-state index contributed by atoms with van der Waals surface area (Å²) in [6.07, 6.45) is 0.641. The quantitative estimate of drug-likeness (QED) is 0.867. The van der Waals surface area contributed by atoms with Crippen LogP contribution in [0.1, 0.15) is 6.42 Å². The Bertz CT molecular complexity index is 669. The third-order valence-corrected chi connectivity index (χ3v) is 5.28. The van der Waals surface area contributed by atoms with Crippen LogP contribution in [0.15, 0.2) is 24.3 Å². The molecule has 140 valence electrons. The fourth-order valence-corrected chi connectivity index (χ4v) is 3.66. The molecule has 26 heavy (non-hydrogen) atoms. The van der Waals surface area contributed by atoms with Crippen LogP contribution in [0.2, 0.25) is 0 Å². The lowest BCUT2D eigenvalue weighted by Crippen LogP contribution is -2.42. The van der Waals surface area contributed by atoms with Crippen LogP contribution in [0.4, 0.5) is 11.4 Å². The van der Waals surface area contributed by atoms with E-state index in [4.69, 9.17) is 9.47 Å². The Kier molecular flexibility index (Phi) is 5.08. The summed E-state index contributed by atoms with van der Waals surface area (Å²) >= 11 is 0. The highest BCUT2D eigenvalue weighted by Gasteiger charge is 2.49. The van der Waals surface area contributed by atoms with Crippen molar-refractivity contribution in [1.82, 2.24) is 4.90 Å². The second-order valence-corrected chi connectivity index (χ2v) is 6.99. The fraction of sp³-hybridized carbons (Fsp3) is 0.579. The van der Waals surface area contributed by atoms with Crippen molar-refractivity contribution in [3.05, 3.63) is 24.3 Å². The van der Waals surface area contributed by atoms with Crippen LogP contribution in [0, 0.1) is 11.8 Å². The average Bonchev–Trinajstić information content (AvgIpc) is 3.50. The van der Waals surface area contributed by atoms with Gasteiger partial charge in [-0.1, -0.05) is 12.1 Å². The molecule has 7 nitrogen and oxygen atoms in total. The summed E-state index contributed by atoms with van der Waals surface area (Å²) in [6, 6.07) is 7.83. The molecule has 4 rings (SSSR count). The van der Waals surface area contributed by atoms with Gasteiger partial charge in [-0.25, -0.2) is 0 Å². The molecule has 0 radical (unpaired) electrons. The van der Waals surface area contributed by atoms with E-state index in [0.29, 0.717) is 45.9 Å². The molecular formula is C19H25N3O4. The lowest BCUT2D eigenvalue weighted by Gasteiger charge is -2.30. The topological polar surface area (TPSA) is 71.1 Å². The molecule has 1 aromatic rings. The van der Waals surface area contributed by atoms with Crippen LogP contribution in [0.3, 0.4) is 0 Å². The number of benzene rings is 1. The first kappa shape index (κ1) is 17.3. The van der Waals surface area contributed by atoms with E-state index < -0.39 is 0 Å². The molecular weight excluding hydrogens is 334 g/mol. The number of nitrogens with one attached hydrogen (secondary N) is 1. The number of morpholine rings is 2. The molecule has 2 saturated heterocycles. The van der Waals surface area contributed by atoms with Crippen molar-refractivity contribution in [2.24, 2.45) is 11.8 Å². The zero-order chi connectivity index (χ0) is 17.9. The predicted octanol–water partition coefficient (Wildman–Crippen LogP) is 0.957. The molecule has 2 aliphatic heterocycles. The van der Waals surface area contributed by atoms with E-state index in [1.54, 1.807) is 0 Å². The van der Waals surface area contributed by atoms with E-state index in [1.165, 1.54) is 0 Å². The lowest BCUT2D eigenvalue weighted by atomic mass is 10.2. The van der Waals surface area contributed by atoms with Gasteiger partial charge in [0.15, 0.2) is 0 Å². The van der Waals surface area contributed by atoms with E-state index in [2.05, 4.69) is 10.2 Å². The number of nitrogens with zero attached hydrogens (tertiary/aromatic N) is 2. The SMILES string of the molecule is O=C(Nc1ccccc1N1CCOCC1)C1CC1C(=O)N1CCOCC1. The highest BCUT2D eigenvalue weighted by molar-refractivity contribution is 6.01. The Morgan fingerprint density at radius 2 is 1.58 bits per heavy atom. The minimum Gasteiger partial charge on any atom is -0.378 e. The molecule has 0 aromatic heterocycles. The van der Waals surface area contributed by atoms with E-state index in [0.717, 1.165) is 24.5 Å². The molecule has 1 saturated carbocycles. The van der Waals surface area contributed by atoms with E-state index >= 15 is 0 Å². The van der Waals surface area contributed by atoms with E-state index in [1.807, 2.05) is 29.2 Å². The van der Waals surface area contributed by atoms with Gasteiger partial charge in [0, 0.05) is 26.2 Å². The monoisotopic (exact) mass is 359 g/mol. The Morgan fingerprint density at radius 3 is 2.31 bits per heavy atom. The second kappa shape index (κ2) is 7.63. The van der Waals surface area contributed by atoms with Crippen LogP contribution < -0.4 is 10.2 Å². The van der Waals surface area contributed by atoms with E-state index in [9.17, 15) is 9.59 Å². The number of amides is 2. The number of para-hydroxylation sites is 2. The molecule has 2 heterocycles. The predicted molar refractivity (Wildman–Crippen MR) is 97.1 cm³/mol. The van der Waals surface area contributed by atoms with Crippen molar-refractivity contribution < 1.29 is 19.1 Å². The number of carbonyl (C=O) groups excluding carboxylic acids is 2. The van der Waals surface area contributed by atoms with Gasteiger partial charge in [-0.3, -0.25) is 9.59 Å². The minimum atomic E-state index is -0.219. The molecule has 2 atom stereocenters. The zero-order valence-electron chi connectivity index (χ0n) is 14.9. The molecule has 2 amide bonds. The molecule has 0 spiro atoms. The molecule has 1 N–H and O–H groups in total. The average molecular weight is 359 g/mol. The number of hydrogen-bond acceptors (Lipinski definition) is 5. The van der Waals surface area contributed by atoms with Gasteiger partial charge in [-0.2, -0.15) is 0 Å². The number of anilines is 2. The van der Waals surface area contributed by atoms with Crippen LogP contribution in [0.5, 0.6) is 0 Å². The van der Waals surface area contributed by atoms with Crippen LogP contribution in [-0.4, -0.2) is 69.3 Å². The van der Waals surface area contributed by atoms with Crippen molar-refractivity contribution in [2.45, 2.75) is 6.42 Å². The van der Waals surface area contributed by atoms with Gasteiger partial charge in [-0.05, 0) is 18.6 Å². The number of ether oxygens (including phenoxy) is 2. The summed E-state index contributed by atoms with van der Waals surface area (Å²) in [5, 5.41) is 3.04. The molecule has 2 unspecified atom stereocenters. The number of carbonyl (C=O) groups is 2. The summed E-state index contributed by atoms with van der Waals surface area (Å²) in [7, 11) is 0. The fourth-order valence-electron chi connectivity index (χ4n) is 3.66. The maximum absolute atomic E-state index is 12.7. The summed E-state index contributed by atoms with van der Waals surface area (Å²) in [6.45, 7) is 5.45. The molecule has 0 bridgehead atoms. The molecule has 3 fully saturated rings. The number of hydrogen-bond donors (Lipinski definition) is 1. The van der Waals surface area contributed by atoms with Crippen molar-refractivity contribution in [3.8, 4) is 0 Å². The first-order valence-corrected chi connectivity index (χ1v) is 9.33. The smallest absolute Gasteiger partial charge is 0.228 e. The molecule has 7 heteroatoms. The third-order valence-electron chi connectivity index (χ3n) is 5.28. The lowest BCUT2D eigenvalue weighted by molar-refractivity contribution is -0.137. The summed E-state index contributed by atoms with van der Waals surface area (Å²) < 4.78 is 10.7. The third kappa shape index (κ3) is 3.68. The van der Waals surface area contributed by atoms with E-state index in [-0.39, 0.29) is 23.7 Å². The van der Waals surface area contributed by atoms with Gasteiger partial charge in [0.25, 0.3) is 0 Å². The van der Waals surface area contributed by atoms with Crippen LogP contribution in [-0.2, 0) is 19.1 Å². The van der Waals surface area contributed by atoms with Crippen molar-refractivity contribution >= 4 is 23.2 Å².